The van der Waals surface area contributed by atoms with Gasteiger partial charge in [0.15, 0.2) is 10.9 Å². The molecule has 0 aliphatic carbocycles. The second-order valence-corrected chi connectivity index (χ2v) is 6.97. The molecule has 0 fully saturated rings. The lowest BCUT2D eigenvalue weighted by Gasteiger charge is -2.10. The molecule has 9 heteroatoms. The van der Waals surface area contributed by atoms with Crippen molar-refractivity contribution in [1.29, 1.82) is 0 Å². The topological polar surface area (TPSA) is 123 Å². The lowest BCUT2D eigenvalue weighted by Crippen LogP contribution is -2.14. The number of rotatable bonds is 1. The Morgan fingerprint density at radius 1 is 0.913 bits per heavy atom. The molecule has 0 spiro atoms. The van der Waals surface area contributed by atoms with Crippen molar-refractivity contribution in [2.24, 2.45) is 0 Å². The van der Waals surface area contributed by atoms with E-state index >= 15 is 0 Å². The molecule has 0 radical (unpaired) electrons. The molecule has 3 aromatic carbocycles. The summed E-state index contributed by atoms with van der Waals surface area (Å²) < 4.78 is 39.8. The van der Waals surface area contributed by atoms with Crippen LogP contribution >= 0.6 is 11.7 Å². The largest absolute Gasteiger partial charge is 0.744 e. The zero-order valence-electron chi connectivity index (χ0n) is 11.2. The van der Waals surface area contributed by atoms with Gasteiger partial charge in [-0.05, 0) is 6.07 Å². The smallest absolute Gasteiger partial charge is 0.196 e. The van der Waals surface area contributed by atoms with Gasteiger partial charge < -0.3 is 4.55 Å². The van der Waals surface area contributed by atoms with Crippen LogP contribution in [0.4, 0.5) is 0 Å². The minimum absolute atomic E-state index is 0.00396. The summed E-state index contributed by atoms with van der Waals surface area (Å²) in [7, 11) is -4.81. The van der Waals surface area contributed by atoms with E-state index in [2.05, 4.69) is 8.75 Å². The number of aromatic amines is 2. The van der Waals surface area contributed by atoms with Gasteiger partial charge in [0.05, 0.1) is 21.3 Å². The van der Waals surface area contributed by atoms with E-state index < -0.39 is 25.9 Å². The predicted octanol–water partition coefficient (Wildman–Crippen LogP) is 1.49. The average Bonchev–Trinajstić information content (AvgIpc) is 2.99. The highest BCUT2D eigenvalue weighted by Crippen LogP contribution is 2.28. The molecule has 0 aliphatic rings. The predicted molar refractivity (Wildman–Crippen MR) is 86.0 cm³/mol. The molecular formula is C14H7N2O5S2-. The second-order valence-electron chi connectivity index (χ2n) is 5.01. The van der Waals surface area contributed by atoms with Gasteiger partial charge >= 0.3 is 0 Å². The van der Waals surface area contributed by atoms with Crippen molar-refractivity contribution in [2.45, 2.75) is 4.90 Å². The van der Waals surface area contributed by atoms with E-state index in [0.717, 1.165) is 17.8 Å². The highest BCUT2D eigenvalue weighted by Gasteiger charge is 2.19. The van der Waals surface area contributed by atoms with Gasteiger partial charge in [-0.15, -0.1) is 0 Å². The highest BCUT2D eigenvalue weighted by atomic mass is 32.2. The Bertz CT molecular complexity index is 1330. The minimum Gasteiger partial charge on any atom is -0.744 e. The van der Waals surface area contributed by atoms with Crippen LogP contribution in [0.1, 0.15) is 0 Å². The van der Waals surface area contributed by atoms with Crippen molar-refractivity contribution < 1.29 is 13.0 Å². The summed E-state index contributed by atoms with van der Waals surface area (Å²) in [5, 5.41) is 0.439. The van der Waals surface area contributed by atoms with Crippen molar-refractivity contribution in [1.82, 2.24) is 8.75 Å². The van der Waals surface area contributed by atoms with Crippen LogP contribution in [0.3, 0.4) is 0 Å². The molecule has 0 atom stereocenters. The van der Waals surface area contributed by atoms with Gasteiger partial charge in [-0.1, -0.05) is 24.3 Å². The molecular weight excluding hydrogens is 340 g/mol. The molecule has 0 saturated carbocycles. The van der Waals surface area contributed by atoms with E-state index in [4.69, 9.17) is 0 Å². The molecule has 116 valence electrons. The first-order chi connectivity index (χ1) is 10.9. The Morgan fingerprint density at radius 3 is 2.17 bits per heavy atom. The lowest BCUT2D eigenvalue weighted by atomic mass is 10.0. The summed E-state index contributed by atoms with van der Waals surface area (Å²) in [5.41, 5.74) is -0.723. The number of fused-ring (bicyclic) bond motifs is 4. The van der Waals surface area contributed by atoms with Gasteiger partial charge in [0.25, 0.3) is 0 Å². The lowest BCUT2D eigenvalue weighted by molar-refractivity contribution is 0.464. The van der Waals surface area contributed by atoms with Gasteiger partial charge in [0.2, 0.25) is 0 Å². The SMILES string of the molecule is O=c1c2ccccc2c(=O)c2c1cc(S(=O)(=O)[O-])c1[nH]s[nH]c12. The standard InChI is InChI=1S/C14H8N2O5S2/c17-13-6-3-1-2-4-7(6)14(18)10-8(13)5-9(23(19,20)21)11-12(10)16-22-15-11/h1-5,15-16H,(H,19,20,21)/p-1. The van der Waals surface area contributed by atoms with E-state index in [1.807, 2.05) is 0 Å². The monoisotopic (exact) mass is 347 g/mol. The first kappa shape index (κ1) is 14.1. The van der Waals surface area contributed by atoms with Gasteiger partial charge in [-0.25, -0.2) is 8.42 Å². The maximum Gasteiger partial charge on any atom is 0.196 e. The van der Waals surface area contributed by atoms with E-state index in [9.17, 15) is 22.6 Å². The third-order valence-corrected chi connectivity index (χ3v) is 5.23. The van der Waals surface area contributed by atoms with Crippen LogP contribution in [0.15, 0.2) is 44.8 Å². The Morgan fingerprint density at radius 2 is 1.52 bits per heavy atom. The quantitative estimate of drug-likeness (QED) is 0.399. The first-order valence-electron chi connectivity index (χ1n) is 6.43. The second kappa shape index (κ2) is 4.51. The minimum atomic E-state index is -4.81. The fraction of sp³-hybridized carbons (Fsp3) is 0. The van der Waals surface area contributed by atoms with E-state index in [1.54, 1.807) is 18.2 Å². The molecule has 1 heterocycles. The Kier molecular flexibility index (Phi) is 2.77. The summed E-state index contributed by atoms with van der Waals surface area (Å²) >= 11 is 0.924. The molecule has 0 amide bonds. The van der Waals surface area contributed by atoms with Crippen LogP contribution in [-0.4, -0.2) is 21.7 Å². The van der Waals surface area contributed by atoms with Crippen LogP contribution in [0, 0.1) is 0 Å². The highest BCUT2D eigenvalue weighted by molar-refractivity contribution is 7.86. The first-order valence-corrected chi connectivity index (χ1v) is 8.65. The molecule has 1 aromatic heterocycles. The van der Waals surface area contributed by atoms with Crippen LogP contribution in [0.5, 0.6) is 0 Å². The van der Waals surface area contributed by atoms with Crippen molar-refractivity contribution in [3.63, 3.8) is 0 Å². The summed E-state index contributed by atoms with van der Waals surface area (Å²) in [5.74, 6) is 0. The van der Waals surface area contributed by atoms with Crippen LogP contribution in [-0.2, 0) is 10.1 Å². The number of hydrogen-bond donors (Lipinski definition) is 2. The third-order valence-electron chi connectivity index (χ3n) is 3.75. The van der Waals surface area contributed by atoms with Crippen LogP contribution < -0.4 is 10.9 Å². The fourth-order valence-electron chi connectivity index (χ4n) is 2.76. The number of nitrogens with one attached hydrogen (secondary N) is 2. The zero-order chi connectivity index (χ0) is 16.4. The molecule has 0 aliphatic heterocycles. The molecule has 0 unspecified atom stereocenters. The summed E-state index contributed by atoms with van der Waals surface area (Å²) in [6.07, 6.45) is 0. The van der Waals surface area contributed by atoms with Gasteiger partial charge in [-0.3, -0.25) is 18.3 Å². The van der Waals surface area contributed by atoms with Gasteiger partial charge in [0, 0.05) is 27.9 Å². The number of hydrogen-bond acceptors (Lipinski definition) is 6. The third kappa shape index (κ3) is 1.87. The Balaban J connectivity index is 2.45. The normalized spacial score (nSPS) is 12.4. The Labute approximate surface area is 132 Å². The molecule has 4 aromatic rings. The molecule has 7 nitrogen and oxygen atoms in total. The van der Waals surface area contributed by atoms with Crippen molar-refractivity contribution in [2.75, 3.05) is 0 Å². The zero-order valence-corrected chi connectivity index (χ0v) is 12.9. The van der Waals surface area contributed by atoms with Crippen molar-refractivity contribution >= 4 is 54.4 Å². The maximum absolute atomic E-state index is 12.7. The maximum atomic E-state index is 12.7. The average molecular weight is 347 g/mol. The van der Waals surface area contributed by atoms with Crippen molar-refractivity contribution in [3.8, 4) is 0 Å². The summed E-state index contributed by atoms with van der Waals surface area (Å²) in [6.45, 7) is 0. The van der Waals surface area contributed by atoms with Gasteiger partial charge in [0.1, 0.15) is 10.1 Å². The number of aromatic nitrogens is 2. The van der Waals surface area contributed by atoms with Crippen LogP contribution in [0.2, 0.25) is 0 Å². The number of H-pyrrole nitrogens is 2. The van der Waals surface area contributed by atoms with E-state index in [0.29, 0.717) is 0 Å². The van der Waals surface area contributed by atoms with E-state index in [1.165, 1.54) is 6.07 Å². The molecule has 0 bridgehead atoms. The summed E-state index contributed by atoms with van der Waals surface area (Å²) in [4.78, 5) is 24.8. The Hall–Kier alpha value is -2.49. The fourth-order valence-corrected chi connectivity index (χ4v) is 4.16. The van der Waals surface area contributed by atoms with Gasteiger partial charge in [-0.2, -0.15) is 0 Å². The van der Waals surface area contributed by atoms with Crippen molar-refractivity contribution in [3.05, 3.63) is 50.8 Å². The molecule has 0 saturated heterocycles. The molecule has 23 heavy (non-hydrogen) atoms. The van der Waals surface area contributed by atoms with Crippen LogP contribution in [0.25, 0.3) is 32.6 Å². The van der Waals surface area contributed by atoms with E-state index in [-0.39, 0.29) is 32.6 Å². The summed E-state index contributed by atoms with van der Waals surface area (Å²) in [6, 6.07) is 7.28. The number of benzene rings is 3. The molecule has 4 rings (SSSR count). The molecule has 2 N–H and O–H groups in total.